The summed E-state index contributed by atoms with van der Waals surface area (Å²) in [6, 6.07) is 0.268. The van der Waals surface area contributed by atoms with Crippen LogP contribution in [0.5, 0.6) is 0 Å². The second-order valence-electron chi connectivity index (χ2n) is 4.15. The van der Waals surface area contributed by atoms with Gasteiger partial charge in [0.05, 0.1) is 6.10 Å². The molecule has 6 heteroatoms. The van der Waals surface area contributed by atoms with Crippen LogP contribution in [0.1, 0.15) is 6.42 Å². The quantitative estimate of drug-likeness (QED) is 0.225. The lowest BCUT2D eigenvalue weighted by atomic mass is 10.2. The van der Waals surface area contributed by atoms with Crippen molar-refractivity contribution in [1.82, 2.24) is 15.2 Å². The largest absolute Gasteiger partial charge is 0.391 e. The lowest BCUT2D eigenvalue weighted by molar-refractivity contribution is 0.187. The lowest BCUT2D eigenvalue weighted by Crippen LogP contribution is -2.49. The number of likely N-dealkylation sites (tertiary alicyclic amines) is 1. The first-order chi connectivity index (χ1) is 7.08. The number of aliphatic hydroxyl groups is 1. The molecule has 1 saturated heterocycles. The van der Waals surface area contributed by atoms with E-state index in [9.17, 15) is 5.11 Å². The molecule has 6 nitrogen and oxygen atoms in total. The molecule has 15 heavy (non-hydrogen) atoms. The minimum Gasteiger partial charge on any atom is -0.391 e. The zero-order valence-corrected chi connectivity index (χ0v) is 9.64. The number of aliphatic imine (C=N–C) groups is 1. The molecule has 1 fully saturated rings. The average molecular weight is 215 g/mol. The van der Waals surface area contributed by atoms with Crippen LogP contribution < -0.4 is 11.3 Å². The van der Waals surface area contributed by atoms with Crippen molar-refractivity contribution in [3.63, 3.8) is 0 Å². The van der Waals surface area contributed by atoms with E-state index in [1.807, 2.05) is 19.0 Å². The Morgan fingerprint density at radius 2 is 2.33 bits per heavy atom. The minimum absolute atomic E-state index is 0.268. The van der Waals surface area contributed by atoms with Crippen molar-refractivity contribution >= 4 is 5.96 Å². The molecule has 1 rings (SSSR count). The van der Waals surface area contributed by atoms with Gasteiger partial charge in [0.2, 0.25) is 5.96 Å². The third kappa shape index (κ3) is 3.05. The van der Waals surface area contributed by atoms with Crippen LogP contribution in [0.15, 0.2) is 4.99 Å². The minimum atomic E-state index is -0.292. The molecular weight excluding hydrogens is 194 g/mol. The van der Waals surface area contributed by atoms with Crippen molar-refractivity contribution in [2.24, 2.45) is 10.8 Å². The van der Waals surface area contributed by atoms with Crippen molar-refractivity contribution < 1.29 is 5.11 Å². The number of nitrogens with two attached hydrogens (primary N) is 1. The van der Waals surface area contributed by atoms with E-state index < -0.39 is 0 Å². The maximum atomic E-state index is 9.64. The van der Waals surface area contributed by atoms with E-state index in [2.05, 4.69) is 15.3 Å². The van der Waals surface area contributed by atoms with E-state index in [-0.39, 0.29) is 12.1 Å². The number of hydrogen-bond acceptors (Lipinski definition) is 4. The van der Waals surface area contributed by atoms with Gasteiger partial charge in [0.15, 0.2) is 0 Å². The molecule has 0 aromatic carbocycles. The summed E-state index contributed by atoms with van der Waals surface area (Å²) in [7, 11) is 5.72. The molecule has 1 heterocycles. The lowest BCUT2D eigenvalue weighted by Gasteiger charge is -2.28. The highest BCUT2D eigenvalue weighted by atomic mass is 16.3. The Morgan fingerprint density at radius 3 is 2.80 bits per heavy atom. The summed E-state index contributed by atoms with van der Waals surface area (Å²) in [6.45, 7) is 1.48. The maximum Gasteiger partial charge on any atom is 0.208 e. The second-order valence-corrected chi connectivity index (χ2v) is 4.15. The van der Waals surface area contributed by atoms with Crippen LogP contribution in [-0.2, 0) is 0 Å². The normalized spacial score (nSPS) is 27.6. The summed E-state index contributed by atoms with van der Waals surface area (Å²) >= 11 is 0. The van der Waals surface area contributed by atoms with Crippen LogP contribution >= 0.6 is 0 Å². The van der Waals surface area contributed by atoms with E-state index in [1.165, 1.54) is 0 Å². The predicted molar refractivity (Wildman–Crippen MR) is 60.4 cm³/mol. The van der Waals surface area contributed by atoms with Crippen LogP contribution in [-0.4, -0.2) is 67.2 Å². The molecule has 0 radical (unpaired) electrons. The van der Waals surface area contributed by atoms with Crippen molar-refractivity contribution in [3.05, 3.63) is 0 Å². The van der Waals surface area contributed by atoms with Gasteiger partial charge < -0.3 is 14.9 Å². The number of hydrazine groups is 1. The summed E-state index contributed by atoms with van der Waals surface area (Å²) in [6.07, 6.45) is 0.471. The van der Waals surface area contributed by atoms with Gasteiger partial charge in [0.1, 0.15) is 0 Å². The first kappa shape index (κ1) is 12.2. The smallest absolute Gasteiger partial charge is 0.208 e. The summed E-state index contributed by atoms with van der Waals surface area (Å²) < 4.78 is 0. The average Bonchev–Trinajstić information content (AvgIpc) is 2.48. The number of aliphatic hydroxyl groups excluding tert-OH is 1. The van der Waals surface area contributed by atoms with Crippen molar-refractivity contribution in [2.45, 2.75) is 18.6 Å². The SMILES string of the molecule is CN=C(NN)N1CC(O)CC1CN(C)C. The van der Waals surface area contributed by atoms with Gasteiger partial charge in [-0.3, -0.25) is 10.4 Å². The van der Waals surface area contributed by atoms with Gasteiger partial charge >= 0.3 is 0 Å². The summed E-state index contributed by atoms with van der Waals surface area (Å²) in [5.41, 5.74) is 2.56. The van der Waals surface area contributed by atoms with Crippen LogP contribution in [0, 0.1) is 0 Å². The van der Waals surface area contributed by atoms with Gasteiger partial charge in [-0.2, -0.15) is 0 Å². The number of nitrogens with one attached hydrogen (secondary N) is 1. The summed E-state index contributed by atoms with van der Waals surface area (Å²) in [5, 5.41) is 9.64. The number of guanidine groups is 1. The Hall–Kier alpha value is -0.850. The first-order valence-corrected chi connectivity index (χ1v) is 5.11. The number of hydrogen-bond donors (Lipinski definition) is 3. The Labute approximate surface area is 90.7 Å². The fraction of sp³-hybridized carbons (Fsp3) is 0.889. The maximum absolute atomic E-state index is 9.64. The third-order valence-electron chi connectivity index (χ3n) is 2.58. The molecule has 0 aliphatic carbocycles. The molecular formula is C9H21N5O. The van der Waals surface area contributed by atoms with Crippen LogP contribution in [0.2, 0.25) is 0 Å². The molecule has 0 aromatic heterocycles. The topological polar surface area (TPSA) is 77.1 Å². The highest BCUT2D eigenvalue weighted by Gasteiger charge is 2.32. The molecule has 2 unspecified atom stereocenters. The van der Waals surface area contributed by atoms with Gasteiger partial charge in [-0.05, 0) is 20.5 Å². The van der Waals surface area contributed by atoms with Crippen LogP contribution in [0.3, 0.4) is 0 Å². The molecule has 1 aliphatic heterocycles. The van der Waals surface area contributed by atoms with Crippen LogP contribution in [0.4, 0.5) is 0 Å². The summed E-state index contributed by atoms with van der Waals surface area (Å²) in [4.78, 5) is 8.17. The van der Waals surface area contributed by atoms with E-state index in [0.29, 0.717) is 12.5 Å². The van der Waals surface area contributed by atoms with E-state index in [1.54, 1.807) is 7.05 Å². The Morgan fingerprint density at radius 1 is 1.67 bits per heavy atom. The Balaban J connectivity index is 2.68. The van der Waals surface area contributed by atoms with Gasteiger partial charge in [0.25, 0.3) is 0 Å². The highest BCUT2D eigenvalue weighted by Crippen LogP contribution is 2.18. The molecule has 88 valence electrons. The molecule has 0 aromatic rings. The van der Waals surface area contributed by atoms with Gasteiger partial charge in [-0.1, -0.05) is 0 Å². The molecule has 0 spiro atoms. The van der Waals surface area contributed by atoms with Crippen molar-refractivity contribution in [1.29, 1.82) is 0 Å². The molecule has 0 bridgehead atoms. The Kier molecular flexibility index (Phi) is 4.31. The highest BCUT2D eigenvalue weighted by molar-refractivity contribution is 5.80. The van der Waals surface area contributed by atoms with Gasteiger partial charge in [0, 0.05) is 26.2 Å². The second kappa shape index (κ2) is 5.29. The van der Waals surface area contributed by atoms with Crippen LogP contribution in [0.25, 0.3) is 0 Å². The van der Waals surface area contributed by atoms with E-state index >= 15 is 0 Å². The predicted octanol–water partition coefficient (Wildman–Crippen LogP) is -1.57. The van der Waals surface area contributed by atoms with Crippen molar-refractivity contribution in [3.8, 4) is 0 Å². The first-order valence-electron chi connectivity index (χ1n) is 5.11. The number of β-amino-alcohol motifs (C(OH)–C–C–N with tert-alkyl or cyclic N) is 1. The monoisotopic (exact) mass is 215 g/mol. The number of nitrogens with zero attached hydrogens (tertiary/aromatic N) is 3. The fourth-order valence-corrected chi connectivity index (χ4v) is 2.02. The molecule has 0 amide bonds. The Bertz CT molecular complexity index is 231. The number of rotatable bonds is 2. The van der Waals surface area contributed by atoms with Crippen molar-refractivity contribution in [2.75, 3.05) is 34.2 Å². The summed E-state index contributed by atoms with van der Waals surface area (Å²) in [5.74, 6) is 6.02. The van der Waals surface area contributed by atoms with Gasteiger partial charge in [-0.15, -0.1) is 0 Å². The van der Waals surface area contributed by atoms with E-state index in [0.717, 1.165) is 13.0 Å². The molecule has 4 N–H and O–H groups in total. The fourth-order valence-electron chi connectivity index (χ4n) is 2.02. The van der Waals surface area contributed by atoms with Gasteiger partial charge in [-0.25, -0.2) is 5.84 Å². The number of likely N-dealkylation sites (N-methyl/N-ethyl adjacent to an activating group) is 1. The van der Waals surface area contributed by atoms with E-state index in [4.69, 9.17) is 5.84 Å². The molecule has 1 aliphatic rings. The molecule has 2 atom stereocenters. The third-order valence-corrected chi connectivity index (χ3v) is 2.58. The zero-order chi connectivity index (χ0) is 11.4. The molecule has 0 saturated carbocycles. The zero-order valence-electron chi connectivity index (χ0n) is 9.64. The standard InChI is InChI=1S/C9H21N5O/c1-11-9(12-10)14-6-8(15)4-7(14)5-13(2)3/h7-8,15H,4-6,10H2,1-3H3,(H,11,12).